The number of nitrogens with one attached hydrogen (secondary N) is 1. The third-order valence-electron chi connectivity index (χ3n) is 2.89. The summed E-state index contributed by atoms with van der Waals surface area (Å²) in [4.78, 5) is 12.4. The van der Waals surface area contributed by atoms with Crippen molar-refractivity contribution in [3.05, 3.63) is 29.3 Å². The Morgan fingerprint density at radius 2 is 2.11 bits per heavy atom. The topological polar surface area (TPSA) is 49.3 Å². The van der Waals surface area contributed by atoms with Gasteiger partial charge in [-0.2, -0.15) is 0 Å². The summed E-state index contributed by atoms with van der Waals surface area (Å²) in [5.74, 6) is -0.290. The number of rotatable bonds is 6. The largest absolute Gasteiger partial charge is 0.480 e. The molecule has 18 heavy (non-hydrogen) atoms. The average Bonchev–Trinajstić information content (AvgIpc) is 2.28. The number of hydrogen-bond acceptors (Lipinski definition) is 3. The molecule has 0 amide bonds. The van der Waals surface area contributed by atoms with E-state index in [1.54, 1.807) is 18.7 Å². The van der Waals surface area contributed by atoms with Crippen LogP contribution >= 0.6 is 11.8 Å². The molecule has 0 aliphatic rings. The second-order valence-corrected chi connectivity index (χ2v) is 5.74. The van der Waals surface area contributed by atoms with Crippen LogP contribution in [0.3, 0.4) is 0 Å². The van der Waals surface area contributed by atoms with E-state index in [1.807, 2.05) is 6.92 Å². The molecule has 0 radical (unpaired) electrons. The maximum absolute atomic E-state index is 11.3. The molecule has 0 fully saturated rings. The van der Waals surface area contributed by atoms with Crippen molar-refractivity contribution in [2.24, 2.45) is 0 Å². The van der Waals surface area contributed by atoms with Gasteiger partial charge in [-0.25, -0.2) is 0 Å². The van der Waals surface area contributed by atoms with Gasteiger partial charge in [-0.3, -0.25) is 4.79 Å². The van der Waals surface area contributed by atoms with Gasteiger partial charge in [0.2, 0.25) is 0 Å². The van der Waals surface area contributed by atoms with Crippen molar-refractivity contribution in [3.63, 3.8) is 0 Å². The molecule has 0 aliphatic carbocycles. The summed E-state index contributed by atoms with van der Waals surface area (Å²) in [6.45, 7) is 8.41. The minimum absolute atomic E-state index is 0.514. The molecule has 1 aromatic carbocycles. The van der Waals surface area contributed by atoms with Gasteiger partial charge >= 0.3 is 5.97 Å². The Bertz CT molecular complexity index is 434. The number of likely N-dealkylation sites (N-methyl/N-ethyl adjacent to an activating group) is 1. The molecule has 0 aromatic heterocycles. The summed E-state index contributed by atoms with van der Waals surface area (Å²) in [5.41, 5.74) is 1.55. The zero-order valence-electron chi connectivity index (χ0n) is 11.4. The van der Waals surface area contributed by atoms with Gasteiger partial charge in [0.25, 0.3) is 0 Å². The Hall–Kier alpha value is -1.00. The van der Waals surface area contributed by atoms with Crippen LogP contribution < -0.4 is 5.32 Å². The molecule has 0 bridgehead atoms. The number of thioether (sulfide) groups is 1. The number of carbonyl (C=O) groups is 1. The Labute approximate surface area is 113 Å². The molecule has 1 atom stereocenters. The van der Waals surface area contributed by atoms with Gasteiger partial charge in [0.1, 0.15) is 5.54 Å². The van der Waals surface area contributed by atoms with E-state index >= 15 is 0 Å². The van der Waals surface area contributed by atoms with Gasteiger partial charge in [0.05, 0.1) is 0 Å². The van der Waals surface area contributed by atoms with Crippen molar-refractivity contribution in [2.75, 3.05) is 12.3 Å². The van der Waals surface area contributed by atoms with Crippen LogP contribution in [0.1, 0.15) is 25.0 Å². The Morgan fingerprint density at radius 3 is 2.61 bits per heavy atom. The first-order valence-electron chi connectivity index (χ1n) is 6.07. The molecule has 0 saturated heterocycles. The number of carboxylic acids is 1. The third kappa shape index (κ3) is 3.75. The molecule has 0 heterocycles. The molecular formula is C14H21NO2S. The first-order chi connectivity index (χ1) is 8.39. The quantitative estimate of drug-likeness (QED) is 0.778. The first kappa shape index (κ1) is 15.1. The van der Waals surface area contributed by atoms with E-state index in [9.17, 15) is 9.90 Å². The van der Waals surface area contributed by atoms with E-state index in [2.05, 4.69) is 37.4 Å². The SMILES string of the molecule is CCNC(C)(CSc1ccc(C)cc1C)C(=O)O. The fourth-order valence-corrected chi connectivity index (χ4v) is 2.88. The minimum Gasteiger partial charge on any atom is -0.480 e. The van der Waals surface area contributed by atoms with Crippen molar-refractivity contribution in [3.8, 4) is 0 Å². The minimum atomic E-state index is -0.878. The standard InChI is InChI=1S/C14H21NO2S/c1-5-15-14(4,13(16)17)9-18-12-7-6-10(2)8-11(12)3/h6-8,15H,5,9H2,1-4H3,(H,16,17). The Kier molecular flexibility index (Phi) is 5.23. The highest BCUT2D eigenvalue weighted by Gasteiger charge is 2.32. The molecule has 0 aliphatic heterocycles. The lowest BCUT2D eigenvalue weighted by Crippen LogP contribution is -2.51. The van der Waals surface area contributed by atoms with Gasteiger partial charge < -0.3 is 10.4 Å². The maximum atomic E-state index is 11.3. The maximum Gasteiger partial charge on any atom is 0.324 e. The van der Waals surface area contributed by atoms with E-state index in [1.165, 1.54) is 11.1 Å². The highest BCUT2D eigenvalue weighted by molar-refractivity contribution is 7.99. The monoisotopic (exact) mass is 267 g/mol. The van der Waals surface area contributed by atoms with Crippen molar-refractivity contribution in [1.29, 1.82) is 0 Å². The Balaban J connectivity index is 2.76. The molecule has 1 rings (SSSR count). The molecule has 3 nitrogen and oxygen atoms in total. The molecule has 100 valence electrons. The van der Waals surface area contributed by atoms with Crippen molar-refractivity contribution in [2.45, 2.75) is 38.1 Å². The van der Waals surface area contributed by atoms with Crippen LogP contribution in [-0.4, -0.2) is 28.9 Å². The van der Waals surface area contributed by atoms with Crippen LogP contribution in [0.15, 0.2) is 23.1 Å². The van der Waals surface area contributed by atoms with Crippen LogP contribution in [-0.2, 0) is 4.79 Å². The van der Waals surface area contributed by atoms with Gasteiger partial charge in [0, 0.05) is 10.6 Å². The molecule has 2 N–H and O–H groups in total. The molecule has 0 saturated carbocycles. The number of aliphatic carboxylic acids is 1. The fourth-order valence-electron chi connectivity index (χ4n) is 1.76. The van der Waals surface area contributed by atoms with Crippen molar-refractivity contribution >= 4 is 17.7 Å². The van der Waals surface area contributed by atoms with Gasteiger partial charge in [0.15, 0.2) is 0 Å². The molecule has 4 heteroatoms. The smallest absolute Gasteiger partial charge is 0.324 e. The summed E-state index contributed by atoms with van der Waals surface area (Å²) < 4.78 is 0. The fraction of sp³-hybridized carbons (Fsp3) is 0.500. The van der Waals surface area contributed by atoms with Crippen molar-refractivity contribution in [1.82, 2.24) is 5.32 Å². The van der Waals surface area contributed by atoms with Gasteiger partial charge in [-0.05, 0) is 38.9 Å². The molecule has 0 spiro atoms. The summed E-state index contributed by atoms with van der Waals surface area (Å²) in [6.07, 6.45) is 0. The predicted molar refractivity (Wildman–Crippen MR) is 76.4 cm³/mol. The zero-order chi connectivity index (χ0) is 13.8. The Morgan fingerprint density at radius 1 is 1.44 bits per heavy atom. The zero-order valence-corrected chi connectivity index (χ0v) is 12.2. The lowest BCUT2D eigenvalue weighted by Gasteiger charge is -2.25. The van der Waals surface area contributed by atoms with E-state index < -0.39 is 11.5 Å². The van der Waals surface area contributed by atoms with Crippen molar-refractivity contribution < 1.29 is 9.90 Å². The molecule has 1 unspecified atom stereocenters. The van der Waals surface area contributed by atoms with E-state index in [0.29, 0.717) is 12.3 Å². The predicted octanol–water partition coefficient (Wildman–Crippen LogP) is 2.85. The molecular weight excluding hydrogens is 246 g/mol. The lowest BCUT2D eigenvalue weighted by atomic mass is 10.1. The summed E-state index contributed by atoms with van der Waals surface area (Å²) in [7, 11) is 0. The average molecular weight is 267 g/mol. The number of hydrogen-bond donors (Lipinski definition) is 2. The molecule has 1 aromatic rings. The number of carboxylic acid groups (broad SMARTS) is 1. The lowest BCUT2D eigenvalue weighted by molar-refractivity contribution is -0.143. The second-order valence-electron chi connectivity index (χ2n) is 4.73. The van der Waals surface area contributed by atoms with Crippen LogP contribution in [0.25, 0.3) is 0 Å². The highest BCUT2D eigenvalue weighted by Crippen LogP contribution is 2.26. The number of aryl methyl sites for hydroxylation is 2. The van der Waals surface area contributed by atoms with Crippen LogP contribution in [0.2, 0.25) is 0 Å². The summed E-state index contributed by atoms with van der Waals surface area (Å²) in [5, 5.41) is 12.3. The van der Waals surface area contributed by atoms with Crippen LogP contribution in [0.4, 0.5) is 0 Å². The number of benzene rings is 1. The summed E-state index contributed by atoms with van der Waals surface area (Å²) in [6, 6.07) is 6.23. The van der Waals surface area contributed by atoms with Crippen LogP contribution in [0, 0.1) is 13.8 Å². The first-order valence-corrected chi connectivity index (χ1v) is 7.06. The summed E-state index contributed by atoms with van der Waals surface area (Å²) >= 11 is 1.59. The second kappa shape index (κ2) is 6.25. The van der Waals surface area contributed by atoms with Crippen LogP contribution in [0.5, 0.6) is 0 Å². The third-order valence-corrected chi connectivity index (χ3v) is 4.38. The van der Waals surface area contributed by atoms with E-state index in [4.69, 9.17) is 0 Å². The highest BCUT2D eigenvalue weighted by atomic mass is 32.2. The van der Waals surface area contributed by atoms with E-state index in [0.717, 1.165) is 4.90 Å². The van der Waals surface area contributed by atoms with E-state index in [-0.39, 0.29) is 0 Å². The van der Waals surface area contributed by atoms with Gasteiger partial charge in [-0.1, -0.05) is 24.6 Å². The normalized spacial score (nSPS) is 14.2. The van der Waals surface area contributed by atoms with Gasteiger partial charge in [-0.15, -0.1) is 11.8 Å².